The Bertz CT molecular complexity index is 3350. The van der Waals surface area contributed by atoms with Crippen molar-refractivity contribution in [1.82, 2.24) is 14.5 Å². The lowest BCUT2D eigenvalue weighted by Crippen LogP contribution is -2.30. The third kappa shape index (κ3) is 9.45. The minimum Gasteiger partial charge on any atom is -0.507 e. The van der Waals surface area contributed by atoms with E-state index in [2.05, 4.69) is 244 Å². The molecule has 0 spiro atoms. The summed E-state index contributed by atoms with van der Waals surface area (Å²) in [6.07, 6.45) is 2.92. The Labute approximate surface area is 424 Å². The van der Waals surface area contributed by atoms with Crippen LogP contribution in [0.3, 0.4) is 0 Å². The topological polar surface area (TPSA) is 60.2 Å². The average Bonchev–Trinajstić information content (AvgIpc) is 3.66. The number of fused-ring (bicyclic) bond motifs is 4. The van der Waals surface area contributed by atoms with Gasteiger partial charge in [-0.2, -0.15) is 0 Å². The predicted molar refractivity (Wildman–Crippen MR) is 299 cm³/mol. The van der Waals surface area contributed by atoms with Gasteiger partial charge in [0, 0.05) is 39.6 Å². The highest BCUT2D eigenvalue weighted by Crippen LogP contribution is 2.51. The molecule has 5 nitrogen and oxygen atoms in total. The monoisotopic (exact) mass is 942 g/mol. The number of hydrogen-bond donors (Lipinski definition) is 1. The Hall–Kier alpha value is -6.46. The van der Waals surface area contributed by atoms with Gasteiger partial charge in [0.1, 0.15) is 22.9 Å². The molecule has 9 rings (SSSR count). The Kier molecular flexibility index (Phi) is 11.9. The molecule has 0 radical (unpaired) electrons. The standard InChI is InChI=1S/C66H75N3O2/c1-61(2,3)39-40-26-28-48-49-30-31-67-56(59(49)71-66(16,17)52(48)32-40)43-33-42(34-45(35-43)63(7,8)9)47-24-21-25-55-57(47)68-60(51-37-46(64(10,11)12)38-53(58(51)70)65(13,14)15)69(55)54-29-27-44(62(4,5)6)36-50(54)41-22-19-18-20-23-41/h18-38,70H,39H2,1-17H3. The van der Waals surface area contributed by atoms with Crippen molar-refractivity contribution in [2.75, 3.05) is 0 Å². The van der Waals surface area contributed by atoms with E-state index in [1.165, 1.54) is 27.8 Å². The molecule has 5 heteroatoms. The van der Waals surface area contributed by atoms with Crippen LogP contribution in [0.2, 0.25) is 0 Å². The van der Waals surface area contributed by atoms with Gasteiger partial charge in [-0.05, 0) is 129 Å². The molecule has 8 aromatic rings. The fourth-order valence-corrected chi connectivity index (χ4v) is 10.3. The van der Waals surface area contributed by atoms with E-state index >= 15 is 0 Å². The maximum Gasteiger partial charge on any atom is 0.154 e. The van der Waals surface area contributed by atoms with Crippen LogP contribution in [0.15, 0.2) is 128 Å². The lowest BCUT2D eigenvalue weighted by atomic mass is 9.79. The number of imidazole rings is 1. The van der Waals surface area contributed by atoms with Crippen LogP contribution in [0.25, 0.3) is 72.7 Å². The van der Waals surface area contributed by atoms with Gasteiger partial charge in [-0.25, -0.2) is 4.98 Å². The van der Waals surface area contributed by atoms with Crippen LogP contribution in [0.5, 0.6) is 11.5 Å². The first-order chi connectivity index (χ1) is 33.0. The molecule has 0 bridgehead atoms. The van der Waals surface area contributed by atoms with Crippen LogP contribution in [0, 0.1) is 5.41 Å². The molecular weight excluding hydrogens is 867 g/mol. The third-order valence-corrected chi connectivity index (χ3v) is 14.3. The number of benzene rings is 6. The van der Waals surface area contributed by atoms with Crippen molar-refractivity contribution in [3.8, 4) is 73.2 Å². The highest BCUT2D eigenvalue weighted by atomic mass is 16.5. The van der Waals surface area contributed by atoms with E-state index in [9.17, 15) is 5.11 Å². The first kappa shape index (κ1) is 49.5. The molecule has 0 saturated carbocycles. The van der Waals surface area contributed by atoms with Crippen molar-refractivity contribution in [3.05, 3.63) is 161 Å². The number of para-hydroxylation sites is 1. The molecule has 1 N–H and O–H groups in total. The molecule has 0 unspecified atom stereocenters. The highest BCUT2D eigenvalue weighted by Gasteiger charge is 2.36. The number of phenolic OH excluding ortho intramolecular Hbond substituents is 1. The van der Waals surface area contributed by atoms with Crippen molar-refractivity contribution >= 4 is 11.0 Å². The second-order valence-electron chi connectivity index (χ2n) is 26.0. The summed E-state index contributed by atoms with van der Waals surface area (Å²) in [5.74, 6) is 1.74. The zero-order valence-corrected chi connectivity index (χ0v) is 45.5. The van der Waals surface area contributed by atoms with E-state index in [-0.39, 0.29) is 32.8 Å². The quantitative estimate of drug-likeness (QED) is 0.180. The Morgan fingerprint density at radius 2 is 1.18 bits per heavy atom. The number of hydrogen-bond acceptors (Lipinski definition) is 4. The molecule has 0 fully saturated rings. The van der Waals surface area contributed by atoms with Crippen molar-refractivity contribution < 1.29 is 9.84 Å². The van der Waals surface area contributed by atoms with E-state index < -0.39 is 5.60 Å². The van der Waals surface area contributed by atoms with Crippen LogP contribution in [0.4, 0.5) is 0 Å². The summed E-state index contributed by atoms with van der Waals surface area (Å²) >= 11 is 0. The Balaban J connectivity index is 1.34. The number of nitrogens with zero attached hydrogens (tertiary/aromatic N) is 3. The summed E-state index contributed by atoms with van der Waals surface area (Å²) in [5, 5.41) is 12.7. The van der Waals surface area contributed by atoms with Crippen molar-refractivity contribution in [1.29, 1.82) is 0 Å². The summed E-state index contributed by atoms with van der Waals surface area (Å²) < 4.78 is 9.43. The number of ether oxygens (including phenoxy) is 1. The molecule has 2 aromatic heterocycles. The SMILES string of the molecule is CC(C)(C)Cc1ccc2c(c1)C(C)(C)Oc1c-2ccnc1-c1cc(-c2cccc3c2nc(-c2cc(C(C)(C)C)cc(C(C)(C)C)c2O)n3-c2ccc(C(C)(C)C)cc2-c2ccccc2)cc(C(C)(C)C)c1. The van der Waals surface area contributed by atoms with Gasteiger partial charge in [0.15, 0.2) is 5.75 Å². The van der Waals surface area contributed by atoms with E-state index in [1.807, 2.05) is 6.20 Å². The minimum absolute atomic E-state index is 0.0849. The summed E-state index contributed by atoms with van der Waals surface area (Å²) in [7, 11) is 0. The molecule has 6 aromatic carbocycles. The van der Waals surface area contributed by atoms with Gasteiger partial charge in [-0.15, -0.1) is 0 Å². The molecule has 366 valence electrons. The number of pyridine rings is 1. The minimum atomic E-state index is -0.584. The maximum absolute atomic E-state index is 12.7. The van der Waals surface area contributed by atoms with Gasteiger partial charge in [0.2, 0.25) is 0 Å². The molecule has 3 heterocycles. The molecule has 0 atom stereocenters. The first-order valence-corrected chi connectivity index (χ1v) is 25.6. The van der Waals surface area contributed by atoms with Crippen molar-refractivity contribution in [3.63, 3.8) is 0 Å². The number of rotatable bonds is 6. The maximum atomic E-state index is 12.7. The highest BCUT2D eigenvalue weighted by molar-refractivity contribution is 5.98. The largest absolute Gasteiger partial charge is 0.507 e. The van der Waals surface area contributed by atoms with E-state index in [4.69, 9.17) is 14.7 Å². The molecular formula is C66H75N3O2. The number of aromatic hydroxyl groups is 1. The molecule has 0 saturated heterocycles. The van der Waals surface area contributed by atoms with E-state index in [1.54, 1.807) is 0 Å². The average molecular weight is 942 g/mol. The van der Waals surface area contributed by atoms with Crippen LogP contribution in [-0.2, 0) is 33.7 Å². The second-order valence-corrected chi connectivity index (χ2v) is 26.0. The Morgan fingerprint density at radius 1 is 0.535 bits per heavy atom. The molecule has 71 heavy (non-hydrogen) atoms. The smallest absolute Gasteiger partial charge is 0.154 e. The fraction of sp³-hybridized carbons (Fsp3) is 0.364. The van der Waals surface area contributed by atoms with Gasteiger partial charge < -0.3 is 9.84 Å². The number of phenols is 1. The van der Waals surface area contributed by atoms with Crippen LogP contribution in [-0.4, -0.2) is 19.6 Å². The van der Waals surface area contributed by atoms with Gasteiger partial charge in [-0.1, -0.05) is 183 Å². The number of aromatic nitrogens is 3. The summed E-state index contributed by atoms with van der Waals surface area (Å²) in [6.45, 7) is 38.1. The lowest BCUT2D eigenvalue weighted by molar-refractivity contribution is 0.106. The zero-order valence-electron chi connectivity index (χ0n) is 45.5. The van der Waals surface area contributed by atoms with Gasteiger partial charge in [0.05, 0.1) is 22.3 Å². The zero-order chi connectivity index (χ0) is 51.4. The molecule has 1 aliphatic heterocycles. The van der Waals surface area contributed by atoms with Crippen LogP contribution >= 0.6 is 0 Å². The summed E-state index contributed by atoms with van der Waals surface area (Å²) in [6, 6.07) is 44.3. The fourth-order valence-electron chi connectivity index (χ4n) is 10.3. The third-order valence-electron chi connectivity index (χ3n) is 14.3. The van der Waals surface area contributed by atoms with Crippen molar-refractivity contribution in [2.45, 2.75) is 151 Å². The van der Waals surface area contributed by atoms with E-state index in [0.29, 0.717) is 11.4 Å². The second kappa shape index (κ2) is 17.1. The van der Waals surface area contributed by atoms with Crippen molar-refractivity contribution in [2.24, 2.45) is 5.41 Å². The van der Waals surface area contributed by atoms with Gasteiger partial charge >= 0.3 is 0 Å². The molecule has 0 amide bonds. The van der Waals surface area contributed by atoms with Gasteiger partial charge in [-0.3, -0.25) is 9.55 Å². The summed E-state index contributed by atoms with van der Waals surface area (Å²) in [4.78, 5) is 10.9. The summed E-state index contributed by atoms with van der Waals surface area (Å²) in [5.41, 5.74) is 17.5. The molecule has 0 aliphatic carbocycles. The normalized spacial score (nSPS) is 14.0. The van der Waals surface area contributed by atoms with E-state index in [0.717, 1.165) is 79.1 Å². The van der Waals surface area contributed by atoms with Crippen LogP contribution < -0.4 is 4.74 Å². The van der Waals surface area contributed by atoms with Gasteiger partial charge in [0.25, 0.3) is 0 Å². The lowest BCUT2D eigenvalue weighted by Gasteiger charge is -2.36. The molecule has 1 aliphatic rings. The predicted octanol–water partition coefficient (Wildman–Crippen LogP) is 17.9. The first-order valence-electron chi connectivity index (χ1n) is 25.6. The van der Waals surface area contributed by atoms with Crippen LogP contribution in [0.1, 0.15) is 151 Å². The Morgan fingerprint density at radius 3 is 1.83 bits per heavy atom.